The van der Waals surface area contributed by atoms with Crippen LogP contribution in [0.4, 0.5) is 0 Å². The molecule has 0 aliphatic heterocycles. The van der Waals surface area contributed by atoms with Crippen molar-refractivity contribution in [2.24, 2.45) is 5.92 Å². The summed E-state index contributed by atoms with van der Waals surface area (Å²) in [5, 5.41) is 8.89. The number of aryl methyl sites for hydroxylation is 2. The van der Waals surface area contributed by atoms with E-state index >= 15 is 0 Å². The number of amides is 1. The van der Waals surface area contributed by atoms with Crippen molar-refractivity contribution in [2.75, 3.05) is 0 Å². The maximum atomic E-state index is 12.1. The molecular formula is C17H20N2O. The van der Waals surface area contributed by atoms with Crippen LogP contribution in [0.5, 0.6) is 0 Å². The molecule has 1 aromatic carbocycles. The van der Waals surface area contributed by atoms with Gasteiger partial charge in [-0.05, 0) is 49.5 Å². The second-order valence-electron chi connectivity index (χ2n) is 5.49. The Morgan fingerprint density at radius 3 is 2.55 bits per heavy atom. The molecule has 1 aromatic rings. The van der Waals surface area contributed by atoms with Crippen molar-refractivity contribution in [3.63, 3.8) is 0 Å². The van der Waals surface area contributed by atoms with Crippen LogP contribution in [0.25, 0.3) is 0 Å². The highest BCUT2D eigenvalue weighted by molar-refractivity contribution is 5.87. The molecular weight excluding hydrogens is 248 g/mol. The molecule has 0 N–H and O–H groups in total. The molecule has 2 rings (SSSR count). The summed E-state index contributed by atoms with van der Waals surface area (Å²) in [6.07, 6.45) is 2.93. The van der Waals surface area contributed by atoms with Gasteiger partial charge in [0.1, 0.15) is 0 Å². The molecule has 0 radical (unpaired) electrons. The number of rotatable bonds is 4. The van der Waals surface area contributed by atoms with Gasteiger partial charge in [0.25, 0.3) is 0 Å². The van der Waals surface area contributed by atoms with Crippen molar-refractivity contribution in [1.82, 2.24) is 4.90 Å². The zero-order chi connectivity index (χ0) is 14.7. The quantitative estimate of drug-likeness (QED) is 0.787. The molecule has 1 fully saturated rings. The van der Waals surface area contributed by atoms with Crippen LogP contribution in [0.15, 0.2) is 30.9 Å². The Morgan fingerprint density at radius 1 is 1.45 bits per heavy atom. The van der Waals surface area contributed by atoms with Crippen LogP contribution >= 0.6 is 0 Å². The van der Waals surface area contributed by atoms with Gasteiger partial charge >= 0.3 is 0 Å². The molecule has 3 nitrogen and oxygen atoms in total. The first kappa shape index (κ1) is 14.3. The second kappa shape index (κ2) is 5.92. The summed E-state index contributed by atoms with van der Waals surface area (Å²) in [4.78, 5) is 14.0. The molecule has 0 bridgehead atoms. The van der Waals surface area contributed by atoms with Crippen molar-refractivity contribution in [3.05, 3.63) is 47.5 Å². The molecule has 1 saturated carbocycles. The average Bonchev–Trinajstić information content (AvgIpc) is 2.38. The molecule has 0 unspecified atom stereocenters. The number of nitriles is 1. The van der Waals surface area contributed by atoms with Crippen LogP contribution in [0.1, 0.15) is 29.5 Å². The van der Waals surface area contributed by atoms with Gasteiger partial charge in [-0.15, -0.1) is 0 Å². The van der Waals surface area contributed by atoms with Crippen molar-refractivity contribution in [3.8, 4) is 6.07 Å². The summed E-state index contributed by atoms with van der Waals surface area (Å²) in [5.41, 5.74) is 3.59. The molecule has 0 aromatic heterocycles. The first-order chi connectivity index (χ1) is 9.56. The number of carbonyl (C=O) groups is 1. The Labute approximate surface area is 120 Å². The Bertz CT molecular complexity index is 545. The molecule has 104 valence electrons. The summed E-state index contributed by atoms with van der Waals surface area (Å²) in [5.74, 6) is 0.0483. The smallest absolute Gasteiger partial charge is 0.246 e. The number of hydrogen-bond donors (Lipinski definition) is 0. The topological polar surface area (TPSA) is 44.1 Å². The minimum atomic E-state index is -0.0472. The highest BCUT2D eigenvalue weighted by Crippen LogP contribution is 2.33. The van der Waals surface area contributed by atoms with Gasteiger partial charge in [0.05, 0.1) is 12.0 Å². The third-order valence-corrected chi connectivity index (χ3v) is 4.17. The van der Waals surface area contributed by atoms with Crippen molar-refractivity contribution >= 4 is 5.91 Å². The van der Waals surface area contributed by atoms with Crippen LogP contribution in [-0.2, 0) is 11.3 Å². The Hall–Kier alpha value is -2.08. The lowest BCUT2D eigenvalue weighted by Gasteiger charge is -2.40. The third-order valence-electron chi connectivity index (χ3n) is 4.17. The van der Waals surface area contributed by atoms with E-state index in [1.54, 1.807) is 0 Å². The predicted octanol–water partition coefficient (Wildman–Crippen LogP) is 3.12. The van der Waals surface area contributed by atoms with E-state index in [1.165, 1.54) is 22.8 Å². The molecule has 0 spiro atoms. The largest absolute Gasteiger partial charge is 0.332 e. The van der Waals surface area contributed by atoms with Gasteiger partial charge in [0, 0.05) is 12.6 Å². The van der Waals surface area contributed by atoms with Gasteiger partial charge in [0.15, 0.2) is 0 Å². The lowest BCUT2D eigenvalue weighted by molar-refractivity contribution is -0.131. The van der Waals surface area contributed by atoms with Crippen LogP contribution < -0.4 is 0 Å². The summed E-state index contributed by atoms with van der Waals surface area (Å²) in [6, 6.07) is 8.60. The summed E-state index contributed by atoms with van der Waals surface area (Å²) < 4.78 is 0. The normalized spacial score (nSPS) is 20.6. The summed E-state index contributed by atoms with van der Waals surface area (Å²) >= 11 is 0. The highest BCUT2D eigenvalue weighted by atomic mass is 16.2. The minimum absolute atomic E-state index is 0.0472. The minimum Gasteiger partial charge on any atom is -0.332 e. The third kappa shape index (κ3) is 2.75. The maximum Gasteiger partial charge on any atom is 0.246 e. The van der Waals surface area contributed by atoms with Crippen molar-refractivity contribution < 1.29 is 4.79 Å². The van der Waals surface area contributed by atoms with E-state index in [1.807, 2.05) is 11.0 Å². The number of benzene rings is 1. The zero-order valence-electron chi connectivity index (χ0n) is 12.1. The molecule has 1 amide bonds. The summed E-state index contributed by atoms with van der Waals surface area (Å²) in [7, 11) is 0. The first-order valence-electron chi connectivity index (χ1n) is 6.94. The standard InChI is InChI=1S/C17H20N2O/c1-4-17(20)19(15-8-14(9-15)10-18)11-16-12(2)6-5-7-13(16)3/h4-7,14-15H,1,8-9,11H2,2-3H3. The molecule has 20 heavy (non-hydrogen) atoms. The van der Waals surface area contributed by atoms with E-state index in [0.29, 0.717) is 6.54 Å². The van der Waals surface area contributed by atoms with Gasteiger partial charge in [-0.1, -0.05) is 24.8 Å². The number of hydrogen-bond acceptors (Lipinski definition) is 2. The van der Waals surface area contributed by atoms with Gasteiger partial charge in [-0.2, -0.15) is 5.26 Å². The number of nitrogens with zero attached hydrogens (tertiary/aromatic N) is 2. The van der Waals surface area contributed by atoms with E-state index in [9.17, 15) is 4.79 Å². The molecule has 3 heteroatoms. The van der Waals surface area contributed by atoms with Crippen LogP contribution in [-0.4, -0.2) is 16.8 Å². The Morgan fingerprint density at radius 2 is 2.05 bits per heavy atom. The highest BCUT2D eigenvalue weighted by Gasteiger charge is 2.35. The van der Waals surface area contributed by atoms with E-state index in [2.05, 4.69) is 38.6 Å². The van der Waals surface area contributed by atoms with E-state index in [0.717, 1.165) is 12.8 Å². The maximum absolute atomic E-state index is 12.1. The predicted molar refractivity (Wildman–Crippen MR) is 78.8 cm³/mol. The fraction of sp³-hybridized carbons (Fsp3) is 0.412. The second-order valence-corrected chi connectivity index (χ2v) is 5.49. The Balaban J connectivity index is 2.19. The fourth-order valence-corrected chi connectivity index (χ4v) is 2.72. The van der Waals surface area contributed by atoms with Gasteiger partial charge in [-0.3, -0.25) is 4.79 Å². The van der Waals surface area contributed by atoms with Crippen molar-refractivity contribution in [1.29, 1.82) is 5.26 Å². The molecule has 0 atom stereocenters. The van der Waals surface area contributed by atoms with E-state index in [4.69, 9.17) is 5.26 Å². The lowest BCUT2D eigenvalue weighted by Crippen LogP contribution is -2.46. The van der Waals surface area contributed by atoms with Gasteiger partial charge < -0.3 is 4.90 Å². The SMILES string of the molecule is C=CC(=O)N(Cc1c(C)cccc1C)C1CC(C#N)C1. The van der Waals surface area contributed by atoms with Crippen LogP contribution in [0, 0.1) is 31.1 Å². The van der Waals surface area contributed by atoms with E-state index < -0.39 is 0 Å². The first-order valence-corrected chi connectivity index (χ1v) is 6.94. The molecule has 1 aliphatic rings. The van der Waals surface area contributed by atoms with Gasteiger partial charge in [-0.25, -0.2) is 0 Å². The fourth-order valence-electron chi connectivity index (χ4n) is 2.72. The Kier molecular flexibility index (Phi) is 4.24. The van der Waals surface area contributed by atoms with E-state index in [-0.39, 0.29) is 17.9 Å². The average molecular weight is 268 g/mol. The number of carbonyl (C=O) groups excluding carboxylic acids is 1. The molecule has 0 heterocycles. The van der Waals surface area contributed by atoms with Crippen LogP contribution in [0.3, 0.4) is 0 Å². The van der Waals surface area contributed by atoms with Gasteiger partial charge in [0.2, 0.25) is 5.91 Å². The van der Waals surface area contributed by atoms with Crippen molar-refractivity contribution in [2.45, 2.75) is 39.3 Å². The zero-order valence-corrected chi connectivity index (χ0v) is 12.1. The molecule has 0 saturated heterocycles. The van der Waals surface area contributed by atoms with Crippen LogP contribution in [0.2, 0.25) is 0 Å². The lowest BCUT2D eigenvalue weighted by atomic mass is 9.80. The monoisotopic (exact) mass is 268 g/mol. The summed E-state index contributed by atoms with van der Waals surface area (Å²) in [6.45, 7) is 8.33. The molecule has 1 aliphatic carbocycles.